The molecule has 0 spiro atoms. The third-order valence-electron chi connectivity index (χ3n) is 3.66. The zero-order chi connectivity index (χ0) is 12.5. The van der Waals surface area contributed by atoms with Crippen LogP contribution in [0.25, 0.3) is 0 Å². The van der Waals surface area contributed by atoms with Gasteiger partial charge in [-0.2, -0.15) is 0 Å². The van der Waals surface area contributed by atoms with Gasteiger partial charge in [-0.3, -0.25) is 4.79 Å². The highest BCUT2D eigenvalue weighted by atomic mass is 16.3. The van der Waals surface area contributed by atoms with Crippen LogP contribution >= 0.6 is 0 Å². The van der Waals surface area contributed by atoms with Crippen LogP contribution in [0.1, 0.15) is 43.5 Å². The van der Waals surface area contributed by atoms with Crippen molar-refractivity contribution in [2.75, 3.05) is 0 Å². The minimum Gasteiger partial charge on any atom is -0.381 e. The van der Waals surface area contributed by atoms with E-state index >= 15 is 0 Å². The molecule has 17 heavy (non-hydrogen) atoms. The molecule has 2 nitrogen and oxygen atoms in total. The Bertz CT molecular complexity index is 459. The Morgan fingerprint density at radius 2 is 1.82 bits per heavy atom. The minimum atomic E-state index is -1.20. The van der Waals surface area contributed by atoms with Gasteiger partial charge in [0.25, 0.3) is 0 Å². The zero-order valence-corrected chi connectivity index (χ0v) is 10.4. The van der Waals surface area contributed by atoms with Gasteiger partial charge in [-0.05, 0) is 26.7 Å². The minimum absolute atomic E-state index is 0.148. The molecule has 1 atom stereocenters. The molecule has 0 aliphatic heterocycles. The highest BCUT2D eigenvalue weighted by molar-refractivity contribution is 6.02. The molecule has 1 unspecified atom stereocenters. The molecule has 1 aliphatic carbocycles. The van der Waals surface area contributed by atoms with Crippen molar-refractivity contribution in [1.29, 1.82) is 0 Å². The van der Waals surface area contributed by atoms with Gasteiger partial charge in [-0.25, -0.2) is 0 Å². The van der Waals surface area contributed by atoms with Crippen LogP contribution in [-0.4, -0.2) is 16.5 Å². The zero-order valence-electron chi connectivity index (χ0n) is 10.4. The summed E-state index contributed by atoms with van der Waals surface area (Å²) < 4.78 is 0. The summed E-state index contributed by atoms with van der Waals surface area (Å²) in [7, 11) is 0. The maximum Gasteiger partial charge on any atom is 0.194 e. The number of carbonyl (C=O) groups excluding carboxylic acids is 1. The maximum absolute atomic E-state index is 12.3. The number of rotatable bonds is 2. The molecule has 2 heteroatoms. The van der Waals surface area contributed by atoms with Crippen molar-refractivity contribution in [3.63, 3.8) is 0 Å². The molecule has 0 bridgehead atoms. The first kappa shape index (κ1) is 12.1. The van der Waals surface area contributed by atoms with Gasteiger partial charge in [0.15, 0.2) is 5.78 Å². The Morgan fingerprint density at radius 1 is 1.18 bits per heavy atom. The number of ketones is 1. The van der Waals surface area contributed by atoms with E-state index in [2.05, 4.69) is 6.92 Å². The molecular formula is C15H18O2. The van der Waals surface area contributed by atoms with Crippen LogP contribution in [0.4, 0.5) is 0 Å². The van der Waals surface area contributed by atoms with Crippen LogP contribution in [0.15, 0.2) is 41.5 Å². The summed E-state index contributed by atoms with van der Waals surface area (Å²) in [6, 6.07) is 9.05. The first-order chi connectivity index (χ1) is 8.03. The Morgan fingerprint density at radius 3 is 2.41 bits per heavy atom. The first-order valence-corrected chi connectivity index (χ1v) is 6.00. The van der Waals surface area contributed by atoms with E-state index in [0.717, 1.165) is 12.0 Å². The van der Waals surface area contributed by atoms with E-state index in [0.29, 0.717) is 18.4 Å². The van der Waals surface area contributed by atoms with Crippen molar-refractivity contribution in [2.24, 2.45) is 0 Å². The van der Waals surface area contributed by atoms with Crippen molar-refractivity contribution in [2.45, 2.75) is 38.7 Å². The topological polar surface area (TPSA) is 37.3 Å². The molecule has 2 rings (SSSR count). The Labute approximate surface area is 102 Å². The summed E-state index contributed by atoms with van der Waals surface area (Å²) in [6.45, 7) is 4.07. The van der Waals surface area contributed by atoms with Crippen LogP contribution in [-0.2, 0) is 0 Å². The van der Waals surface area contributed by atoms with E-state index in [1.807, 2.05) is 25.1 Å². The van der Waals surface area contributed by atoms with Crippen LogP contribution in [0, 0.1) is 0 Å². The lowest BCUT2D eigenvalue weighted by Gasteiger charge is -2.32. The maximum atomic E-state index is 12.3. The van der Waals surface area contributed by atoms with Crippen LogP contribution in [0.2, 0.25) is 0 Å². The summed E-state index contributed by atoms with van der Waals surface area (Å²) in [5.74, 6) is -0.148. The highest BCUT2D eigenvalue weighted by Gasteiger charge is 2.38. The van der Waals surface area contributed by atoms with Gasteiger partial charge < -0.3 is 5.11 Å². The largest absolute Gasteiger partial charge is 0.381 e. The summed E-state index contributed by atoms with van der Waals surface area (Å²) in [5, 5.41) is 10.5. The predicted molar refractivity (Wildman–Crippen MR) is 67.9 cm³/mol. The lowest BCUT2D eigenvalue weighted by molar-refractivity contribution is 0.0247. The molecule has 1 aliphatic rings. The lowest BCUT2D eigenvalue weighted by Crippen LogP contribution is -2.40. The number of allylic oxidation sites excluding steroid dienone is 1. The second kappa shape index (κ2) is 4.46. The second-order valence-corrected chi connectivity index (χ2v) is 4.96. The molecule has 0 heterocycles. The van der Waals surface area contributed by atoms with Gasteiger partial charge in [0, 0.05) is 12.0 Å². The average molecular weight is 230 g/mol. The van der Waals surface area contributed by atoms with Gasteiger partial charge in [-0.15, -0.1) is 0 Å². The molecule has 0 radical (unpaired) electrons. The Hall–Kier alpha value is -1.41. The fourth-order valence-electron chi connectivity index (χ4n) is 2.34. The molecule has 0 aromatic heterocycles. The van der Waals surface area contributed by atoms with Crippen LogP contribution in [0.5, 0.6) is 0 Å². The van der Waals surface area contributed by atoms with Gasteiger partial charge in [-0.1, -0.05) is 41.5 Å². The molecule has 0 amide bonds. The number of hydrogen-bond acceptors (Lipinski definition) is 2. The van der Waals surface area contributed by atoms with E-state index in [1.165, 1.54) is 5.57 Å². The van der Waals surface area contributed by atoms with Gasteiger partial charge in [0.2, 0.25) is 0 Å². The van der Waals surface area contributed by atoms with Gasteiger partial charge in [0.05, 0.1) is 0 Å². The smallest absolute Gasteiger partial charge is 0.194 e. The van der Waals surface area contributed by atoms with E-state index in [-0.39, 0.29) is 5.78 Å². The predicted octanol–water partition coefficient (Wildman–Crippen LogP) is 3.12. The number of hydrogen-bond donors (Lipinski definition) is 1. The van der Waals surface area contributed by atoms with Gasteiger partial charge in [0.1, 0.15) is 5.60 Å². The van der Waals surface area contributed by atoms with E-state index in [9.17, 15) is 9.90 Å². The van der Waals surface area contributed by atoms with Crippen LogP contribution < -0.4 is 0 Å². The third-order valence-corrected chi connectivity index (χ3v) is 3.66. The Balaban J connectivity index is 2.27. The number of Topliss-reactive ketones (excluding diaryl/α,β-unsaturated/α-hetero) is 1. The quantitative estimate of drug-likeness (QED) is 0.626. The average Bonchev–Trinajstić information content (AvgIpc) is 2.34. The molecule has 0 fully saturated rings. The lowest BCUT2D eigenvalue weighted by atomic mass is 9.77. The molecular weight excluding hydrogens is 212 g/mol. The summed E-state index contributed by atoms with van der Waals surface area (Å²) in [4.78, 5) is 12.3. The molecule has 0 saturated heterocycles. The molecule has 1 aromatic rings. The van der Waals surface area contributed by atoms with Crippen molar-refractivity contribution in [3.05, 3.63) is 47.0 Å². The number of aliphatic hydroxyl groups is 1. The fraction of sp³-hybridized carbons (Fsp3) is 0.400. The van der Waals surface area contributed by atoms with Crippen molar-refractivity contribution >= 4 is 5.78 Å². The third kappa shape index (κ3) is 2.32. The number of carbonyl (C=O) groups is 1. The molecule has 0 saturated carbocycles. The monoisotopic (exact) mass is 230 g/mol. The van der Waals surface area contributed by atoms with Gasteiger partial charge >= 0.3 is 0 Å². The van der Waals surface area contributed by atoms with Crippen molar-refractivity contribution in [3.8, 4) is 0 Å². The summed E-state index contributed by atoms with van der Waals surface area (Å²) in [5.41, 5.74) is 1.84. The second-order valence-electron chi connectivity index (χ2n) is 4.96. The van der Waals surface area contributed by atoms with E-state index in [1.54, 1.807) is 12.1 Å². The Kier molecular flexibility index (Phi) is 3.16. The standard InChI is InChI=1S/C15H18O2/c1-11-8-9-15(17,10-12(11)2)14(16)13-6-4-3-5-7-13/h3-7,17H,8-10H2,1-2H3. The summed E-state index contributed by atoms with van der Waals surface area (Å²) in [6.07, 6.45) is 1.80. The van der Waals surface area contributed by atoms with E-state index < -0.39 is 5.60 Å². The first-order valence-electron chi connectivity index (χ1n) is 6.00. The number of benzene rings is 1. The van der Waals surface area contributed by atoms with Crippen LogP contribution in [0.3, 0.4) is 0 Å². The fourth-order valence-corrected chi connectivity index (χ4v) is 2.34. The summed E-state index contributed by atoms with van der Waals surface area (Å²) >= 11 is 0. The SMILES string of the molecule is CC1=C(C)CC(O)(C(=O)c2ccccc2)CC1. The molecule has 90 valence electrons. The highest BCUT2D eigenvalue weighted by Crippen LogP contribution is 2.34. The molecule has 1 aromatic carbocycles. The van der Waals surface area contributed by atoms with Crippen molar-refractivity contribution in [1.82, 2.24) is 0 Å². The van der Waals surface area contributed by atoms with E-state index in [4.69, 9.17) is 0 Å². The van der Waals surface area contributed by atoms with Crippen molar-refractivity contribution < 1.29 is 9.90 Å². The normalized spacial score (nSPS) is 24.9. The molecule has 1 N–H and O–H groups in total.